The summed E-state index contributed by atoms with van der Waals surface area (Å²) in [4.78, 5) is 37.9. The third-order valence-electron chi connectivity index (χ3n) is 5.92. The molecule has 7 heteroatoms. The van der Waals surface area contributed by atoms with E-state index in [2.05, 4.69) is 22.9 Å². The zero-order chi connectivity index (χ0) is 19.0. The first-order valence-corrected chi connectivity index (χ1v) is 9.76. The quantitative estimate of drug-likeness (QED) is 0.663. The van der Waals surface area contributed by atoms with E-state index in [0.29, 0.717) is 37.2 Å². The molecule has 1 aromatic carbocycles. The Morgan fingerprint density at radius 3 is 2.85 bits per heavy atom. The Morgan fingerprint density at radius 1 is 1.26 bits per heavy atom. The summed E-state index contributed by atoms with van der Waals surface area (Å²) in [6, 6.07) is 6.28. The number of carbonyl (C=O) groups excluding carboxylic acids is 3. The van der Waals surface area contributed by atoms with Crippen molar-refractivity contribution in [2.24, 2.45) is 0 Å². The second-order valence-corrected chi connectivity index (χ2v) is 7.76. The van der Waals surface area contributed by atoms with E-state index >= 15 is 0 Å². The number of fused-ring (bicyclic) bond motifs is 1. The molecular formula is C20H26N4O3. The minimum atomic E-state index is -0.558. The Bertz CT molecular complexity index is 772. The molecule has 3 amide bonds. The van der Waals surface area contributed by atoms with Crippen LogP contribution in [0.3, 0.4) is 0 Å². The van der Waals surface area contributed by atoms with E-state index in [1.54, 1.807) is 4.90 Å². The standard InChI is InChI=1S/C20H26N4O3/c1-12(16-3-2-8-21-16)22-10-13-4-5-14-11-24(20(27)15(14)9-13)17-6-7-18(25)23-19(17)26/h4-5,9,12,16-17,21-22H,2-3,6-8,10-11H2,1H3,(H,23,25,26). The lowest BCUT2D eigenvalue weighted by atomic mass is 10.0. The molecule has 144 valence electrons. The van der Waals surface area contributed by atoms with Crippen molar-refractivity contribution in [2.45, 2.75) is 63.8 Å². The van der Waals surface area contributed by atoms with E-state index in [-0.39, 0.29) is 24.1 Å². The number of piperidine rings is 1. The van der Waals surface area contributed by atoms with Crippen LogP contribution in [0.5, 0.6) is 0 Å². The molecule has 0 radical (unpaired) electrons. The smallest absolute Gasteiger partial charge is 0.255 e. The van der Waals surface area contributed by atoms with Crippen molar-refractivity contribution in [2.75, 3.05) is 6.54 Å². The molecule has 27 heavy (non-hydrogen) atoms. The van der Waals surface area contributed by atoms with Crippen LogP contribution in [0.4, 0.5) is 0 Å². The predicted molar refractivity (Wildman–Crippen MR) is 99.8 cm³/mol. The lowest BCUT2D eigenvalue weighted by Crippen LogP contribution is -2.52. The van der Waals surface area contributed by atoms with Crippen LogP contribution in [0.15, 0.2) is 18.2 Å². The Labute approximate surface area is 158 Å². The summed E-state index contributed by atoms with van der Waals surface area (Å²) in [5, 5.41) is 9.39. The minimum Gasteiger partial charge on any atom is -0.322 e. The van der Waals surface area contributed by atoms with Gasteiger partial charge in [-0.15, -0.1) is 0 Å². The molecule has 0 saturated carbocycles. The highest BCUT2D eigenvalue weighted by Crippen LogP contribution is 2.28. The molecule has 3 heterocycles. The average molecular weight is 370 g/mol. The van der Waals surface area contributed by atoms with Gasteiger partial charge < -0.3 is 15.5 Å². The molecule has 0 spiro atoms. The summed E-state index contributed by atoms with van der Waals surface area (Å²) in [6.07, 6.45) is 3.08. The van der Waals surface area contributed by atoms with Crippen molar-refractivity contribution in [3.63, 3.8) is 0 Å². The number of benzene rings is 1. The van der Waals surface area contributed by atoms with E-state index in [0.717, 1.165) is 17.7 Å². The average Bonchev–Trinajstić information content (AvgIpc) is 3.29. The van der Waals surface area contributed by atoms with Crippen molar-refractivity contribution in [1.82, 2.24) is 20.9 Å². The van der Waals surface area contributed by atoms with E-state index < -0.39 is 6.04 Å². The fourth-order valence-corrected chi connectivity index (χ4v) is 4.27. The highest BCUT2D eigenvalue weighted by Gasteiger charge is 2.39. The van der Waals surface area contributed by atoms with Crippen molar-refractivity contribution in [1.29, 1.82) is 0 Å². The molecule has 4 rings (SSSR count). The molecule has 3 aliphatic heterocycles. The zero-order valence-electron chi connectivity index (χ0n) is 15.6. The molecule has 1 aromatic rings. The number of carbonyl (C=O) groups is 3. The van der Waals surface area contributed by atoms with Gasteiger partial charge >= 0.3 is 0 Å². The topological polar surface area (TPSA) is 90.5 Å². The van der Waals surface area contributed by atoms with Crippen LogP contribution in [0.25, 0.3) is 0 Å². The van der Waals surface area contributed by atoms with Gasteiger partial charge in [0.25, 0.3) is 5.91 Å². The highest BCUT2D eigenvalue weighted by molar-refractivity contribution is 6.05. The van der Waals surface area contributed by atoms with Gasteiger partial charge in [0.05, 0.1) is 0 Å². The van der Waals surface area contributed by atoms with E-state index in [9.17, 15) is 14.4 Å². The number of hydrogen-bond acceptors (Lipinski definition) is 5. The van der Waals surface area contributed by atoms with Crippen LogP contribution in [0.1, 0.15) is 54.1 Å². The number of nitrogens with zero attached hydrogens (tertiary/aromatic N) is 1. The van der Waals surface area contributed by atoms with Gasteiger partial charge in [0.1, 0.15) is 6.04 Å². The van der Waals surface area contributed by atoms with Gasteiger partial charge in [-0.25, -0.2) is 0 Å². The maximum Gasteiger partial charge on any atom is 0.255 e. The highest BCUT2D eigenvalue weighted by atomic mass is 16.2. The molecule has 0 aromatic heterocycles. The van der Waals surface area contributed by atoms with E-state index in [1.165, 1.54) is 12.8 Å². The Hall–Kier alpha value is -2.25. The van der Waals surface area contributed by atoms with Crippen molar-refractivity contribution in [3.05, 3.63) is 34.9 Å². The normalized spacial score (nSPS) is 26.3. The molecule has 3 N–H and O–H groups in total. The number of amides is 3. The zero-order valence-corrected chi connectivity index (χ0v) is 15.6. The lowest BCUT2D eigenvalue weighted by Gasteiger charge is -2.29. The molecule has 7 nitrogen and oxygen atoms in total. The second kappa shape index (κ2) is 7.40. The number of nitrogens with one attached hydrogen (secondary N) is 3. The Balaban J connectivity index is 1.42. The van der Waals surface area contributed by atoms with Crippen LogP contribution >= 0.6 is 0 Å². The monoisotopic (exact) mass is 370 g/mol. The van der Waals surface area contributed by atoms with Gasteiger partial charge in [0, 0.05) is 37.2 Å². The Morgan fingerprint density at radius 2 is 2.11 bits per heavy atom. The van der Waals surface area contributed by atoms with Gasteiger partial charge in [-0.3, -0.25) is 19.7 Å². The van der Waals surface area contributed by atoms with Crippen LogP contribution in [0, 0.1) is 0 Å². The summed E-state index contributed by atoms with van der Waals surface area (Å²) in [5.74, 6) is -0.751. The first kappa shape index (κ1) is 18.1. The first-order valence-electron chi connectivity index (χ1n) is 9.76. The summed E-state index contributed by atoms with van der Waals surface area (Å²) >= 11 is 0. The third-order valence-corrected chi connectivity index (χ3v) is 5.92. The summed E-state index contributed by atoms with van der Waals surface area (Å²) in [7, 11) is 0. The molecule has 3 unspecified atom stereocenters. The first-order chi connectivity index (χ1) is 13.0. The molecule has 0 bridgehead atoms. The molecule has 0 aliphatic carbocycles. The molecule has 2 saturated heterocycles. The predicted octanol–water partition coefficient (Wildman–Crippen LogP) is 0.678. The molecular weight excluding hydrogens is 344 g/mol. The van der Waals surface area contributed by atoms with Crippen LogP contribution in [-0.2, 0) is 22.7 Å². The third kappa shape index (κ3) is 3.61. The second-order valence-electron chi connectivity index (χ2n) is 7.76. The Kier molecular flexibility index (Phi) is 4.97. The molecule has 3 atom stereocenters. The van der Waals surface area contributed by atoms with Gasteiger partial charge in [-0.2, -0.15) is 0 Å². The van der Waals surface area contributed by atoms with Gasteiger partial charge in [0.15, 0.2) is 0 Å². The SMILES string of the molecule is CC(NCc1ccc2c(c1)C(=O)N(C1CCC(=O)NC1=O)C2)C1CCCN1. The maximum absolute atomic E-state index is 12.9. The molecule has 3 aliphatic rings. The largest absolute Gasteiger partial charge is 0.322 e. The number of hydrogen-bond donors (Lipinski definition) is 3. The summed E-state index contributed by atoms with van der Waals surface area (Å²) < 4.78 is 0. The van der Waals surface area contributed by atoms with Crippen molar-refractivity contribution >= 4 is 17.7 Å². The number of imide groups is 1. The van der Waals surface area contributed by atoms with Crippen LogP contribution in [-0.4, -0.2) is 47.3 Å². The summed E-state index contributed by atoms with van der Waals surface area (Å²) in [6.45, 7) is 4.40. The summed E-state index contributed by atoms with van der Waals surface area (Å²) in [5.41, 5.74) is 2.68. The van der Waals surface area contributed by atoms with Gasteiger partial charge in [-0.05, 0) is 49.9 Å². The lowest BCUT2D eigenvalue weighted by molar-refractivity contribution is -0.136. The minimum absolute atomic E-state index is 0.119. The van der Waals surface area contributed by atoms with Crippen molar-refractivity contribution in [3.8, 4) is 0 Å². The van der Waals surface area contributed by atoms with E-state index in [1.807, 2.05) is 18.2 Å². The maximum atomic E-state index is 12.9. The van der Waals surface area contributed by atoms with Crippen LogP contribution < -0.4 is 16.0 Å². The van der Waals surface area contributed by atoms with Gasteiger partial charge in [-0.1, -0.05) is 12.1 Å². The van der Waals surface area contributed by atoms with Crippen molar-refractivity contribution < 1.29 is 14.4 Å². The number of rotatable bonds is 5. The van der Waals surface area contributed by atoms with E-state index in [4.69, 9.17) is 0 Å². The fourth-order valence-electron chi connectivity index (χ4n) is 4.27. The van der Waals surface area contributed by atoms with Gasteiger partial charge in [0.2, 0.25) is 11.8 Å². The fraction of sp³-hybridized carbons (Fsp3) is 0.550. The molecule has 2 fully saturated rings. The van der Waals surface area contributed by atoms with Crippen LogP contribution in [0.2, 0.25) is 0 Å².